The Morgan fingerprint density at radius 3 is 2.52 bits per heavy atom. The average Bonchev–Trinajstić information content (AvgIpc) is 2.47. The largest absolute Gasteiger partial charge is 0.487 e. The molecule has 0 fully saturated rings. The van der Waals surface area contributed by atoms with Crippen molar-refractivity contribution >= 4 is 11.6 Å². The summed E-state index contributed by atoms with van der Waals surface area (Å²) in [6, 6.07) is 16.0. The molecule has 21 heavy (non-hydrogen) atoms. The molecule has 2 nitrogen and oxygen atoms in total. The highest BCUT2D eigenvalue weighted by atomic mass is 35.5. The van der Waals surface area contributed by atoms with E-state index >= 15 is 0 Å². The minimum atomic E-state index is 0.530. The molecule has 112 valence electrons. The molecule has 2 rings (SSSR count). The number of rotatable bonds is 7. The van der Waals surface area contributed by atoms with Gasteiger partial charge in [-0.3, -0.25) is 0 Å². The molecule has 0 unspecified atom stereocenters. The molecule has 0 aliphatic heterocycles. The summed E-state index contributed by atoms with van der Waals surface area (Å²) in [6.07, 6.45) is 0. The summed E-state index contributed by atoms with van der Waals surface area (Å²) in [7, 11) is 0. The van der Waals surface area contributed by atoms with E-state index in [1.807, 2.05) is 42.5 Å². The van der Waals surface area contributed by atoms with Crippen molar-refractivity contribution in [3.63, 3.8) is 0 Å². The highest BCUT2D eigenvalue weighted by Gasteiger charge is 2.08. The molecule has 0 aliphatic carbocycles. The Morgan fingerprint density at radius 2 is 1.81 bits per heavy atom. The van der Waals surface area contributed by atoms with Gasteiger partial charge in [-0.15, -0.1) is 0 Å². The monoisotopic (exact) mass is 303 g/mol. The van der Waals surface area contributed by atoms with Gasteiger partial charge >= 0.3 is 0 Å². The molecule has 0 aromatic heterocycles. The Bertz CT molecular complexity index is 554. The lowest BCUT2D eigenvalue weighted by molar-refractivity contribution is 0.302. The van der Waals surface area contributed by atoms with Crippen LogP contribution in [0, 0.1) is 5.92 Å². The Hall–Kier alpha value is -1.51. The number of ether oxygens (including phenoxy) is 1. The van der Waals surface area contributed by atoms with E-state index in [-0.39, 0.29) is 0 Å². The summed E-state index contributed by atoms with van der Waals surface area (Å²) in [6.45, 7) is 6.66. The molecular formula is C18H22ClNO. The average molecular weight is 304 g/mol. The lowest BCUT2D eigenvalue weighted by Crippen LogP contribution is -2.19. The maximum Gasteiger partial charge on any atom is 0.142 e. The zero-order valence-corrected chi connectivity index (χ0v) is 13.4. The smallest absolute Gasteiger partial charge is 0.142 e. The summed E-state index contributed by atoms with van der Waals surface area (Å²) >= 11 is 6.28. The number of hydrogen-bond donors (Lipinski definition) is 1. The van der Waals surface area contributed by atoms with Crippen molar-refractivity contribution in [2.75, 3.05) is 6.54 Å². The van der Waals surface area contributed by atoms with Gasteiger partial charge in [-0.05, 0) is 24.1 Å². The van der Waals surface area contributed by atoms with Gasteiger partial charge in [0.1, 0.15) is 12.4 Å². The highest BCUT2D eigenvalue weighted by Crippen LogP contribution is 2.29. The third-order valence-corrected chi connectivity index (χ3v) is 3.44. The van der Waals surface area contributed by atoms with Crippen molar-refractivity contribution in [1.82, 2.24) is 5.32 Å². The van der Waals surface area contributed by atoms with E-state index in [0.29, 0.717) is 17.5 Å². The van der Waals surface area contributed by atoms with Crippen LogP contribution in [0.5, 0.6) is 5.75 Å². The predicted octanol–water partition coefficient (Wildman–Crippen LogP) is 4.66. The van der Waals surface area contributed by atoms with E-state index in [1.54, 1.807) is 0 Å². The van der Waals surface area contributed by atoms with Gasteiger partial charge in [0.25, 0.3) is 0 Å². The van der Waals surface area contributed by atoms with Crippen LogP contribution >= 0.6 is 11.6 Å². The van der Waals surface area contributed by atoms with Gasteiger partial charge in [-0.25, -0.2) is 0 Å². The first-order chi connectivity index (χ1) is 10.2. The predicted molar refractivity (Wildman–Crippen MR) is 88.8 cm³/mol. The fraction of sp³-hybridized carbons (Fsp3) is 0.333. The maximum atomic E-state index is 6.28. The van der Waals surface area contributed by atoms with E-state index in [1.165, 1.54) is 0 Å². The standard InChI is InChI=1S/C18H22ClNO/c1-14(2)11-20-12-16-9-6-10-17(19)18(16)21-13-15-7-4-3-5-8-15/h3-10,14,20H,11-13H2,1-2H3. The second kappa shape index (κ2) is 8.06. The van der Waals surface area contributed by atoms with Crippen molar-refractivity contribution in [1.29, 1.82) is 0 Å². The summed E-state index contributed by atoms with van der Waals surface area (Å²) in [4.78, 5) is 0. The molecule has 0 atom stereocenters. The van der Waals surface area contributed by atoms with Crippen LogP contribution in [0.3, 0.4) is 0 Å². The second-order valence-electron chi connectivity index (χ2n) is 5.53. The van der Waals surface area contributed by atoms with Gasteiger partial charge in [0.05, 0.1) is 5.02 Å². The minimum absolute atomic E-state index is 0.530. The van der Waals surface area contributed by atoms with E-state index in [4.69, 9.17) is 16.3 Å². The number of halogens is 1. The van der Waals surface area contributed by atoms with Crippen LogP contribution in [0.2, 0.25) is 5.02 Å². The molecule has 0 amide bonds. The van der Waals surface area contributed by atoms with Crippen molar-refractivity contribution in [3.8, 4) is 5.75 Å². The van der Waals surface area contributed by atoms with Crippen LogP contribution in [0.15, 0.2) is 48.5 Å². The van der Waals surface area contributed by atoms with Gasteiger partial charge in [-0.1, -0.05) is 67.9 Å². The van der Waals surface area contributed by atoms with Crippen molar-refractivity contribution in [2.45, 2.75) is 27.0 Å². The number of para-hydroxylation sites is 1. The van der Waals surface area contributed by atoms with E-state index < -0.39 is 0 Å². The van der Waals surface area contributed by atoms with Gasteiger partial charge < -0.3 is 10.1 Å². The highest BCUT2D eigenvalue weighted by molar-refractivity contribution is 6.32. The molecular weight excluding hydrogens is 282 g/mol. The van der Waals surface area contributed by atoms with Gasteiger partial charge in [0.2, 0.25) is 0 Å². The Morgan fingerprint density at radius 1 is 1.05 bits per heavy atom. The minimum Gasteiger partial charge on any atom is -0.487 e. The normalized spacial score (nSPS) is 10.9. The zero-order valence-electron chi connectivity index (χ0n) is 12.6. The summed E-state index contributed by atoms with van der Waals surface area (Å²) in [5.74, 6) is 1.40. The van der Waals surface area contributed by atoms with Crippen molar-refractivity contribution in [3.05, 3.63) is 64.7 Å². The number of nitrogens with one attached hydrogen (secondary N) is 1. The fourth-order valence-corrected chi connectivity index (χ4v) is 2.33. The Kier molecular flexibility index (Phi) is 6.09. The second-order valence-corrected chi connectivity index (χ2v) is 5.93. The van der Waals surface area contributed by atoms with Crippen molar-refractivity contribution in [2.24, 2.45) is 5.92 Å². The SMILES string of the molecule is CC(C)CNCc1cccc(Cl)c1OCc1ccccc1. The van der Waals surface area contributed by atoms with Gasteiger partial charge in [0.15, 0.2) is 0 Å². The Labute approximate surface area is 132 Å². The van der Waals surface area contributed by atoms with Crippen LogP contribution in [0.1, 0.15) is 25.0 Å². The van der Waals surface area contributed by atoms with Crippen LogP contribution in [0.4, 0.5) is 0 Å². The third-order valence-electron chi connectivity index (χ3n) is 3.14. The molecule has 0 aliphatic rings. The lowest BCUT2D eigenvalue weighted by atomic mass is 10.1. The van der Waals surface area contributed by atoms with Crippen LogP contribution in [-0.4, -0.2) is 6.54 Å². The van der Waals surface area contributed by atoms with Gasteiger partial charge in [-0.2, -0.15) is 0 Å². The van der Waals surface area contributed by atoms with E-state index in [2.05, 4.69) is 25.2 Å². The lowest BCUT2D eigenvalue weighted by Gasteiger charge is -2.14. The molecule has 3 heteroatoms. The topological polar surface area (TPSA) is 21.3 Å². The molecule has 2 aromatic carbocycles. The summed E-state index contributed by atoms with van der Waals surface area (Å²) in [5.41, 5.74) is 2.23. The van der Waals surface area contributed by atoms with Crippen LogP contribution in [-0.2, 0) is 13.2 Å². The first-order valence-corrected chi connectivity index (χ1v) is 7.69. The number of hydrogen-bond acceptors (Lipinski definition) is 2. The summed E-state index contributed by atoms with van der Waals surface area (Å²) in [5, 5.41) is 4.09. The third kappa shape index (κ3) is 5.07. The Balaban J connectivity index is 2.03. The molecule has 1 N–H and O–H groups in total. The molecule has 0 bridgehead atoms. The van der Waals surface area contributed by atoms with Crippen molar-refractivity contribution < 1.29 is 4.74 Å². The molecule has 0 heterocycles. The van der Waals surface area contributed by atoms with E-state index in [0.717, 1.165) is 30.0 Å². The van der Waals surface area contributed by atoms with Gasteiger partial charge in [0, 0.05) is 12.1 Å². The fourth-order valence-electron chi connectivity index (χ4n) is 2.08. The van der Waals surface area contributed by atoms with Crippen LogP contribution in [0.25, 0.3) is 0 Å². The van der Waals surface area contributed by atoms with E-state index in [9.17, 15) is 0 Å². The first kappa shape index (κ1) is 15.9. The molecule has 0 radical (unpaired) electrons. The zero-order chi connectivity index (χ0) is 15.1. The molecule has 2 aromatic rings. The number of benzene rings is 2. The quantitative estimate of drug-likeness (QED) is 0.803. The maximum absolute atomic E-state index is 6.28. The molecule has 0 saturated heterocycles. The first-order valence-electron chi connectivity index (χ1n) is 7.31. The molecule has 0 spiro atoms. The van der Waals surface area contributed by atoms with Crippen LogP contribution < -0.4 is 10.1 Å². The molecule has 0 saturated carbocycles. The summed E-state index contributed by atoms with van der Waals surface area (Å²) < 4.78 is 5.94.